The molecule has 0 spiro atoms. The molecule has 3 aromatic carbocycles. The normalized spacial score (nSPS) is 19.1. The third kappa shape index (κ3) is 3.97. The van der Waals surface area contributed by atoms with Gasteiger partial charge in [0, 0.05) is 35.3 Å². The van der Waals surface area contributed by atoms with Gasteiger partial charge in [-0.3, -0.25) is 0 Å². The summed E-state index contributed by atoms with van der Waals surface area (Å²) in [5.41, 5.74) is 3.29. The Kier molecular flexibility index (Phi) is 5.55. The van der Waals surface area contributed by atoms with Crippen LogP contribution in [0.2, 0.25) is 0 Å². The fourth-order valence-corrected chi connectivity index (χ4v) is 7.28. The lowest BCUT2D eigenvalue weighted by Gasteiger charge is -2.25. The Morgan fingerprint density at radius 2 is 1.62 bits per heavy atom. The summed E-state index contributed by atoms with van der Waals surface area (Å²) >= 11 is 0. The highest BCUT2D eigenvalue weighted by Gasteiger charge is 2.40. The number of hydrogen-bond acceptors (Lipinski definition) is 5. The van der Waals surface area contributed by atoms with Crippen molar-refractivity contribution < 1.29 is 17.9 Å². The number of carbonyl (C=O) groups is 1. The van der Waals surface area contributed by atoms with Crippen molar-refractivity contribution in [1.29, 1.82) is 0 Å². The highest BCUT2D eigenvalue weighted by Crippen LogP contribution is 2.46. The maximum atomic E-state index is 13.9. The van der Waals surface area contributed by atoms with E-state index in [1.165, 1.54) is 0 Å². The Balaban J connectivity index is 1.72. The van der Waals surface area contributed by atoms with Gasteiger partial charge in [0.05, 0.1) is 20.9 Å². The maximum Gasteiger partial charge on any atom is 0.340 e. The molecule has 0 radical (unpaired) electrons. The van der Waals surface area contributed by atoms with Gasteiger partial charge in [0.2, 0.25) is 9.84 Å². The van der Waals surface area contributed by atoms with Gasteiger partial charge in [-0.1, -0.05) is 36.4 Å². The molecule has 190 valence electrons. The smallest absolute Gasteiger partial charge is 0.340 e. The van der Waals surface area contributed by atoms with E-state index in [1.54, 1.807) is 57.2 Å². The quantitative estimate of drug-likeness (QED) is 0.350. The van der Waals surface area contributed by atoms with Crippen LogP contribution in [0.4, 0.5) is 0 Å². The molecule has 6 nitrogen and oxygen atoms in total. The molecule has 0 amide bonds. The Hall–Kier alpha value is -3.42. The summed E-state index contributed by atoms with van der Waals surface area (Å²) in [7, 11) is -3.99. The van der Waals surface area contributed by atoms with E-state index in [1.807, 2.05) is 36.4 Å². The van der Waals surface area contributed by atoms with Gasteiger partial charge < -0.3 is 14.6 Å². The van der Waals surface area contributed by atoms with Crippen LogP contribution in [0.5, 0.6) is 0 Å². The van der Waals surface area contributed by atoms with Crippen molar-refractivity contribution in [2.45, 2.75) is 67.5 Å². The number of esters is 1. The van der Waals surface area contributed by atoms with Crippen LogP contribution in [0.25, 0.3) is 16.6 Å². The average molecular weight is 515 g/mol. The highest BCUT2D eigenvalue weighted by molar-refractivity contribution is 7.91. The largest absolute Gasteiger partial charge is 0.456 e. The first kappa shape index (κ1) is 23.9. The molecule has 4 aromatic rings. The summed E-state index contributed by atoms with van der Waals surface area (Å²) in [5, 5.41) is 4.36. The minimum absolute atomic E-state index is 0.0198. The van der Waals surface area contributed by atoms with Gasteiger partial charge in [0.1, 0.15) is 5.60 Å². The van der Waals surface area contributed by atoms with Crippen molar-refractivity contribution in [3.8, 4) is 5.69 Å². The standard InChI is InChI=1S/C30H30N2O4S/c1-30(2,3)36-29(33)28-25(37(34,35)21-12-8-5-9-13-21)17-16-23-27(28)26-22-15-14-19(31-22)18-24(26)32(23)20-10-6-4-7-11-20/h4-13,16-17,19,22,31H,14-15,18H2,1-3H3. The van der Waals surface area contributed by atoms with E-state index in [0.29, 0.717) is 11.4 Å². The number of nitrogens with zero attached hydrogens (tertiary/aromatic N) is 1. The summed E-state index contributed by atoms with van der Waals surface area (Å²) in [6.07, 6.45) is 2.79. The molecule has 1 fully saturated rings. The molecule has 0 aliphatic carbocycles. The number of hydrogen-bond donors (Lipinski definition) is 1. The maximum absolute atomic E-state index is 13.9. The van der Waals surface area contributed by atoms with Crippen molar-refractivity contribution in [2.75, 3.05) is 0 Å². The van der Waals surface area contributed by atoms with Crippen molar-refractivity contribution >= 4 is 26.7 Å². The lowest BCUT2D eigenvalue weighted by atomic mass is 9.96. The van der Waals surface area contributed by atoms with Crippen LogP contribution >= 0.6 is 0 Å². The Morgan fingerprint density at radius 3 is 2.30 bits per heavy atom. The number of aromatic nitrogens is 1. The lowest BCUT2D eigenvalue weighted by molar-refractivity contribution is 0.00675. The van der Waals surface area contributed by atoms with Crippen molar-refractivity contribution in [3.63, 3.8) is 0 Å². The lowest BCUT2D eigenvalue weighted by Crippen LogP contribution is -2.32. The molecular formula is C30H30N2O4S. The number of sulfone groups is 1. The number of fused-ring (bicyclic) bond motifs is 6. The first-order valence-corrected chi connectivity index (χ1v) is 14.2. The van der Waals surface area contributed by atoms with Crippen LogP contribution in [-0.4, -0.2) is 30.6 Å². The van der Waals surface area contributed by atoms with Crippen LogP contribution in [0, 0.1) is 0 Å². The number of benzene rings is 3. The fourth-order valence-electron chi connectivity index (χ4n) is 5.81. The molecule has 37 heavy (non-hydrogen) atoms. The number of carbonyl (C=O) groups excluding carboxylic acids is 1. The molecule has 1 aromatic heterocycles. The predicted molar refractivity (Wildman–Crippen MR) is 143 cm³/mol. The van der Waals surface area contributed by atoms with Crippen molar-refractivity contribution in [3.05, 3.63) is 89.6 Å². The number of rotatable bonds is 4. The number of para-hydroxylation sites is 1. The Bertz CT molecular complexity index is 1620. The minimum atomic E-state index is -3.99. The van der Waals surface area contributed by atoms with Crippen LogP contribution in [-0.2, 0) is 21.0 Å². The third-order valence-corrected chi connectivity index (χ3v) is 9.04. The van der Waals surface area contributed by atoms with E-state index in [0.717, 1.165) is 41.7 Å². The van der Waals surface area contributed by atoms with E-state index >= 15 is 0 Å². The van der Waals surface area contributed by atoms with Gasteiger partial charge in [0.15, 0.2) is 0 Å². The number of ether oxygens (including phenoxy) is 1. The number of nitrogens with one attached hydrogen (secondary N) is 1. The molecule has 7 heteroatoms. The van der Waals surface area contributed by atoms with E-state index in [9.17, 15) is 13.2 Å². The second-order valence-corrected chi connectivity index (χ2v) is 12.8. The predicted octanol–water partition coefficient (Wildman–Crippen LogP) is 5.77. The monoisotopic (exact) mass is 514 g/mol. The van der Waals surface area contributed by atoms with Crippen LogP contribution in [0.15, 0.2) is 82.6 Å². The van der Waals surface area contributed by atoms with Crippen LogP contribution in [0.3, 0.4) is 0 Å². The van der Waals surface area contributed by atoms with E-state index in [2.05, 4.69) is 9.88 Å². The molecule has 2 unspecified atom stereocenters. The van der Waals surface area contributed by atoms with Gasteiger partial charge >= 0.3 is 5.97 Å². The molecule has 2 atom stereocenters. The van der Waals surface area contributed by atoms with Gasteiger partial charge in [-0.25, -0.2) is 13.2 Å². The first-order chi connectivity index (χ1) is 17.6. The Morgan fingerprint density at radius 1 is 0.946 bits per heavy atom. The second-order valence-electron chi connectivity index (χ2n) is 10.9. The van der Waals surface area contributed by atoms with Crippen molar-refractivity contribution in [2.24, 2.45) is 0 Å². The summed E-state index contributed by atoms with van der Waals surface area (Å²) in [6.45, 7) is 5.39. The van der Waals surface area contributed by atoms with Crippen LogP contribution in [0.1, 0.15) is 61.3 Å². The van der Waals surface area contributed by atoms with Gasteiger partial charge in [-0.2, -0.15) is 0 Å². The molecule has 2 aliphatic heterocycles. The van der Waals surface area contributed by atoms with Gasteiger partial charge in [0.25, 0.3) is 0 Å². The SMILES string of the molecule is CC(C)(C)OC(=O)c1c(S(=O)(=O)c2ccccc2)ccc2c1c1c(n2-c2ccccc2)CC2CCC1N2. The molecule has 3 heterocycles. The molecule has 6 rings (SSSR count). The zero-order valence-corrected chi connectivity index (χ0v) is 22.0. The molecular weight excluding hydrogens is 484 g/mol. The zero-order chi connectivity index (χ0) is 25.9. The first-order valence-electron chi connectivity index (χ1n) is 12.7. The van der Waals surface area contributed by atoms with Gasteiger partial charge in [-0.15, -0.1) is 0 Å². The van der Waals surface area contributed by atoms with Gasteiger partial charge in [-0.05, 0) is 75.6 Å². The van der Waals surface area contributed by atoms with E-state index in [-0.39, 0.29) is 21.4 Å². The molecule has 1 saturated heterocycles. The van der Waals surface area contributed by atoms with E-state index < -0.39 is 21.4 Å². The molecule has 2 aliphatic rings. The zero-order valence-electron chi connectivity index (χ0n) is 21.2. The molecule has 2 bridgehead atoms. The fraction of sp³-hybridized carbons (Fsp3) is 0.300. The highest BCUT2D eigenvalue weighted by atomic mass is 32.2. The summed E-state index contributed by atoms with van der Waals surface area (Å²) < 4.78 is 35.9. The average Bonchev–Trinajstić information content (AvgIpc) is 3.41. The molecule has 1 N–H and O–H groups in total. The van der Waals surface area contributed by atoms with Crippen molar-refractivity contribution in [1.82, 2.24) is 9.88 Å². The summed E-state index contributed by atoms with van der Waals surface area (Å²) in [4.78, 5) is 14.0. The summed E-state index contributed by atoms with van der Waals surface area (Å²) in [5.74, 6) is -0.624. The minimum Gasteiger partial charge on any atom is -0.456 e. The summed E-state index contributed by atoms with van der Waals surface area (Å²) in [6, 6.07) is 22.2. The second kappa shape index (κ2) is 8.57. The Labute approximate surface area is 217 Å². The molecule has 0 saturated carbocycles. The topological polar surface area (TPSA) is 77.4 Å². The third-order valence-electron chi connectivity index (χ3n) is 7.23. The van der Waals surface area contributed by atoms with E-state index in [4.69, 9.17) is 4.74 Å². The van der Waals surface area contributed by atoms with Crippen LogP contribution < -0.4 is 5.32 Å².